The molecule has 0 saturated carbocycles. The summed E-state index contributed by atoms with van der Waals surface area (Å²) in [7, 11) is -23.6. The number of aliphatic hydroxyl groups excluding tert-OH is 1. The predicted molar refractivity (Wildman–Crippen MR) is 182 cm³/mol. The van der Waals surface area contributed by atoms with Gasteiger partial charge in [0.25, 0.3) is 0 Å². The van der Waals surface area contributed by atoms with E-state index < -0.39 is 73.2 Å². The molecule has 2 aromatic heterocycles. The van der Waals surface area contributed by atoms with E-state index in [0.717, 1.165) is 6.07 Å². The number of nitrogens with zero attached hydrogens (tertiary/aromatic N) is 4. The number of phosphoric ester groups is 2. The van der Waals surface area contributed by atoms with E-state index in [1.54, 1.807) is 13.8 Å². The van der Waals surface area contributed by atoms with Gasteiger partial charge in [-0.25, -0.2) is 38.2 Å². The average molecular weight is 861 g/mol. The third-order valence-electron chi connectivity index (χ3n) is 7.77. The number of ketones is 1. The number of halogens is 2. The Bertz CT molecular complexity index is 2330. The molecule has 7 atom stereocenters. The van der Waals surface area contributed by atoms with E-state index in [4.69, 9.17) is 38.2 Å². The first-order valence-electron chi connectivity index (χ1n) is 14.6. The number of rotatable bonds is 12. The number of Topliss-reactive ketones (excluding diaryl/α,β-unsaturated/α-hetero) is 1. The van der Waals surface area contributed by atoms with Crippen molar-refractivity contribution in [3.8, 4) is 5.75 Å². The minimum Gasteiger partial charge on any atom is -0.404 e. The van der Waals surface area contributed by atoms with Gasteiger partial charge in [-0.15, -0.1) is 0 Å². The van der Waals surface area contributed by atoms with Crippen LogP contribution in [0.5, 0.6) is 5.75 Å². The monoisotopic (exact) mass is 860 g/mol. The molecule has 8 N–H and O–H groups in total. The average Bonchev–Trinajstić information content (AvgIpc) is 3.61. The summed E-state index contributed by atoms with van der Waals surface area (Å²) in [6.45, 7) is 2.39. The van der Waals surface area contributed by atoms with Crippen LogP contribution in [-0.4, -0.2) is 74.9 Å². The Morgan fingerprint density at radius 1 is 1.02 bits per heavy atom. The standard InChI is InChI=1S/C25H26Cl2N6O16P4/c1-25(2)11-5-10(3-4-13(11)31-14-6-12(26)21(35)19(27)18(14)25)46-51(38,39)48-53(42,43)49-52(40,41)47-50(36,37)44-8-17-15(34)7-16(45-17)23-32-20-22(28)29-9-30-24(20)33-23/h3-6,9,15-17,34H,7-8H2,1-2H3,(H,36,37)(H,38,39)(H,40,41)(H,42,43)(H3,28,29,30,32,33)/t15?,16?,17-/m1/s1. The van der Waals surface area contributed by atoms with Gasteiger partial charge in [0.2, 0.25) is 5.78 Å². The van der Waals surface area contributed by atoms with E-state index in [1.807, 2.05) is 0 Å². The molecule has 2 aliphatic heterocycles. The fourth-order valence-electron chi connectivity index (χ4n) is 5.54. The summed E-state index contributed by atoms with van der Waals surface area (Å²) < 4.78 is 77.1. The fourth-order valence-corrected chi connectivity index (χ4v) is 11.2. The molecule has 1 saturated heterocycles. The van der Waals surface area contributed by atoms with Crippen molar-refractivity contribution in [1.29, 1.82) is 0 Å². The fraction of sp³-hybridized carbons (Fsp3) is 0.320. The third-order valence-corrected chi connectivity index (χ3v) is 14.3. The van der Waals surface area contributed by atoms with Crippen molar-refractivity contribution < 1.29 is 74.5 Å². The molecule has 0 bridgehead atoms. The summed E-state index contributed by atoms with van der Waals surface area (Å²) in [4.78, 5) is 71.8. The van der Waals surface area contributed by atoms with Crippen LogP contribution in [0.1, 0.15) is 37.8 Å². The number of nitrogen functional groups attached to an aromatic ring is 1. The van der Waals surface area contributed by atoms with Gasteiger partial charge in [0.05, 0.1) is 34.2 Å². The summed E-state index contributed by atoms with van der Waals surface area (Å²) in [6.07, 6.45) is -1.11. The molecular formula is C25H26Cl2N6O16P4. The number of carbonyl (C=O) groups excluding carboxylic acids is 1. The molecule has 0 radical (unpaired) electrons. The number of aliphatic hydroxyl groups is 1. The first-order valence-corrected chi connectivity index (χ1v) is 21.3. The smallest absolute Gasteiger partial charge is 0.404 e. The second-order valence-electron chi connectivity index (χ2n) is 11.9. The van der Waals surface area contributed by atoms with Crippen molar-refractivity contribution in [3.63, 3.8) is 0 Å². The van der Waals surface area contributed by atoms with Crippen LogP contribution >= 0.6 is 54.5 Å². The summed E-state index contributed by atoms with van der Waals surface area (Å²) in [5.74, 6) is -0.817. The largest absolute Gasteiger partial charge is 0.536 e. The van der Waals surface area contributed by atoms with Crippen LogP contribution < -0.4 is 10.3 Å². The van der Waals surface area contributed by atoms with Crippen LogP contribution in [0.2, 0.25) is 0 Å². The van der Waals surface area contributed by atoms with Crippen LogP contribution in [0.15, 0.2) is 51.2 Å². The van der Waals surface area contributed by atoms with E-state index in [-0.39, 0.29) is 33.8 Å². The Hall–Kier alpha value is -2.71. The topological polar surface area (TPSA) is 335 Å². The number of fused-ring (bicyclic) bond motifs is 3. The van der Waals surface area contributed by atoms with Gasteiger partial charge in [-0.3, -0.25) is 14.2 Å². The number of anilines is 1. The normalized spacial score (nSPS) is 25.7. The van der Waals surface area contributed by atoms with Gasteiger partial charge in [-0.2, -0.15) is 12.9 Å². The summed E-state index contributed by atoms with van der Waals surface area (Å²) in [5, 5.41) is 10.0. The van der Waals surface area contributed by atoms with E-state index in [2.05, 4.69) is 42.4 Å². The highest BCUT2D eigenvalue weighted by molar-refractivity contribution is 7.69. The van der Waals surface area contributed by atoms with Crippen molar-refractivity contribution in [1.82, 2.24) is 19.9 Å². The Balaban J connectivity index is 1.07. The van der Waals surface area contributed by atoms with Crippen molar-refractivity contribution in [3.05, 3.63) is 57.6 Å². The predicted octanol–water partition coefficient (Wildman–Crippen LogP) is 4.24. The molecular weight excluding hydrogens is 835 g/mol. The summed E-state index contributed by atoms with van der Waals surface area (Å²) in [6, 6.07) is 3.66. The molecule has 53 heavy (non-hydrogen) atoms. The Morgan fingerprint density at radius 3 is 2.36 bits per heavy atom. The second kappa shape index (κ2) is 14.1. The lowest BCUT2D eigenvalue weighted by Gasteiger charge is -2.36. The number of H-pyrrole nitrogens is 1. The van der Waals surface area contributed by atoms with Gasteiger partial charge < -0.3 is 39.8 Å². The first kappa shape index (κ1) is 40.0. The number of hydrogen-bond acceptors (Lipinski definition) is 17. The number of aliphatic imine (C=N–C) groups is 1. The zero-order chi connectivity index (χ0) is 38.9. The highest BCUT2D eigenvalue weighted by Gasteiger charge is 2.48. The minimum atomic E-state index is -6.12. The number of nitrogens with one attached hydrogen (secondary N) is 1. The Labute approximate surface area is 307 Å². The van der Waals surface area contributed by atoms with Crippen LogP contribution in [0.25, 0.3) is 11.2 Å². The lowest BCUT2D eigenvalue weighted by Crippen LogP contribution is -2.32. The molecule has 6 rings (SSSR count). The number of allylic oxidation sites excluding steroid dienone is 4. The number of aromatic amines is 1. The maximum absolute atomic E-state index is 12.7. The van der Waals surface area contributed by atoms with E-state index in [0.29, 0.717) is 28.1 Å². The first-order chi connectivity index (χ1) is 24.5. The molecule has 3 aliphatic rings. The SMILES string of the molecule is CC1(C)C2=C(Cl)C(=O)C(Cl)=CC2=Nc2ccc(OP(=O)(O)OP(=O)(O)OP(=O)(O)OP(=O)(O)OC[C@H]3OC(c4nc5ncnc(N)c5[nH]4)CC3O)cc21. The number of phosphoric acid groups is 4. The molecule has 1 fully saturated rings. The molecule has 286 valence electrons. The Kier molecular flexibility index (Phi) is 10.6. The highest BCUT2D eigenvalue weighted by atomic mass is 35.5. The number of carbonyl (C=O) groups is 1. The Morgan fingerprint density at radius 2 is 1.68 bits per heavy atom. The van der Waals surface area contributed by atoms with Crippen LogP contribution in [-0.2, 0) is 50.7 Å². The van der Waals surface area contributed by atoms with Gasteiger partial charge in [0, 0.05) is 17.4 Å². The molecule has 0 amide bonds. The lowest BCUT2D eigenvalue weighted by molar-refractivity contribution is -0.111. The van der Waals surface area contributed by atoms with Crippen molar-refractivity contribution >= 4 is 88.7 Å². The van der Waals surface area contributed by atoms with E-state index >= 15 is 0 Å². The molecule has 6 unspecified atom stereocenters. The van der Waals surface area contributed by atoms with Crippen molar-refractivity contribution in [2.75, 3.05) is 12.3 Å². The third kappa shape index (κ3) is 8.59. The van der Waals surface area contributed by atoms with Crippen LogP contribution in [0.3, 0.4) is 0 Å². The van der Waals surface area contributed by atoms with Gasteiger partial charge in [0.15, 0.2) is 11.5 Å². The minimum absolute atomic E-state index is 0.0911. The lowest BCUT2D eigenvalue weighted by atomic mass is 9.71. The van der Waals surface area contributed by atoms with E-state index in [1.165, 1.54) is 24.5 Å². The highest BCUT2D eigenvalue weighted by Crippen LogP contribution is 2.71. The number of ether oxygens (including phenoxy) is 1. The summed E-state index contributed by atoms with van der Waals surface area (Å²) in [5.41, 5.74) is 6.44. The molecule has 1 aromatic carbocycles. The van der Waals surface area contributed by atoms with Crippen LogP contribution in [0, 0.1) is 0 Å². The quantitative estimate of drug-likeness (QED) is 0.0989. The molecule has 22 nitrogen and oxygen atoms in total. The van der Waals surface area contributed by atoms with E-state index in [9.17, 15) is 47.7 Å². The molecule has 3 aromatic rings. The number of benzene rings is 1. The van der Waals surface area contributed by atoms with Crippen molar-refractivity contribution in [2.45, 2.75) is 44.0 Å². The van der Waals surface area contributed by atoms with Gasteiger partial charge in [-0.1, -0.05) is 37.0 Å². The number of hydrogen-bond donors (Lipinski definition) is 7. The molecule has 28 heteroatoms. The number of nitrogens with two attached hydrogens (primary N) is 1. The van der Waals surface area contributed by atoms with Gasteiger partial charge in [-0.05, 0) is 29.8 Å². The van der Waals surface area contributed by atoms with Crippen molar-refractivity contribution in [2.24, 2.45) is 4.99 Å². The number of aromatic nitrogens is 4. The number of imidazole rings is 1. The molecule has 1 aliphatic carbocycles. The van der Waals surface area contributed by atoms with Gasteiger partial charge in [0.1, 0.15) is 35.6 Å². The maximum Gasteiger partial charge on any atom is 0.536 e. The maximum atomic E-state index is 12.7. The zero-order valence-corrected chi connectivity index (χ0v) is 31.8. The second-order valence-corrected chi connectivity index (χ2v) is 18.8. The van der Waals surface area contributed by atoms with Gasteiger partial charge >= 0.3 is 31.3 Å². The van der Waals surface area contributed by atoms with Crippen LogP contribution in [0.4, 0.5) is 11.5 Å². The molecule has 0 spiro atoms. The summed E-state index contributed by atoms with van der Waals surface area (Å²) >= 11 is 12.3. The molecule has 4 heterocycles. The zero-order valence-electron chi connectivity index (χ0n) is 26.7.